The molecule has 2 aliphatic rings. The van der Waals surface area contributed by atoms with Crippen LogP contribution in [0.4, 0.5) is 29.1 Å². The highest BCUT2D eigenvalue weighted by Crippen LogP contribution is 2.32. The molecule has 2 fully saturated rings. The number of piperidine rings is 1. The van der Waals surface area contributed by atoms with Crippen molar-refractivity contribution in [1.82, 2.24) is 19.9 Å². The van der Waals surface area contributed by atoms with Crippen molar-refractivity contribution in [3.05, 3.63) is 59.3 Å². The topological polar surface area (TPSA) is 110 Å². The monoisotopic (exact) mass is 482 g/mol. The number of hydrogen-bond donors (Lipinski definition) is 2. The lowest BCUT2D eigenvalue weighted by atomic mass is 9.87. The van der Waals surface area contributed by atoms with E-state index in [4.69, 9.17) is 0 Å². The number of carbonyl (C=O) groups is 1. The van der Waals surface area contributed by atoms with Crippen LogP contribution in [0.2, 0.25) is 0 Å². The van der Waals surface area contributed by atoms with Crippen LogP contribution in [-0.2, 0) is 4.79 Å². The molecule has 3 aromatic rings. The minimum Gasteiger partial charge on any atom is -0.324 e. The molecule has 0 bridgehead atoms. The maximum absolute atomic E-state index is 12.1. The average Bonchev–Trinajstić information content (AvgIpc) is 3.31. The molecule has 36 heavy (non-hydrogen) atoms. The molecule has 0 unspecified atom stereocenters. The normalized spacial score (nSPS) is 16.7. The van der Waals surface area contributed by atoms with Gasteiger partial charge in [-0.25, -0.2) is 9.97 Å². The Bertz CT molecular complexity index is 1310. The molecular weight excluding hydrogens is 452 g/mol. The van der Waals surface area contributed by atoms with Gasteiger partial charge in [-0.1, -0.05) is 12.1 Å². The number of carbonyl (C=O) groups excluding carboxylic acids is 1. The molecule has 9 nitrogen and oxygen atoms in total. The van der Waals surface area contributed by atoms with Crippen LogP contribution in [-0.4, -0.2) is 52.4 Å². The molecule has 0 spiro atoms. The number of nitrogens with zero attached hydrogens (tertiary/aromatic N) is 6. The number of rotatable bonds is 6. The third-order valence-electron chi connectivity index (χ3n) is 6.92. The SMILES string of the molecule is Cc1cc(Nc2ncc(C#N)c(Nc3cccc(N4CCCC4=O)n3)n2)ccc1C1CCN(C)CC1. The van der Waals surface area contributed by atoms with Gasteiger partial charge in [-0.2, -0.15) is 10.2 Å². The van der Waals surface area contributed by atoms with Crippen molar-refractivity contribution in [3.63, 3.8) is 0 Å². The number of benzene rings is 1. The van der Waals surface area contributed by atoms with Crippen LogP contribution in [0.25, 0.3) is 0 Å². The highest BCUT2D eigenvalue weighted by Gasteiger charge is 2.23. The van der Waals surface area contributed by atoms with E-state index in [9.17, 15) is 10.1 Å². The second-order valence-corrected chi connectivity index (χ2v) is 9.50. The lowest BCUT2D eigenvalue weighted by Gasteiger charge is -2.30. The Morgan fingerprint density at radius 2 is 1.92 bits per heavy atom. The first-order valence-corrected chi connectivity index (χ1v) is 12.4. The van der Waals surface area contributed by atoms with Gasteiger partial charge in [-0.05, 0) is 87.6 Å². The minimum absolute atomic E-state index is 0.0722. The van der Waals surface area contributed by atoms with Gasteiger partial charge in [0, 0.05) is 18.7 Å². The Kier molecular flexibility index (Phi) is 6.78. The lowest BCUT2D eigenvalue weighted by molar-refractivity contribution is -0.117. The molecule has 0 atom stereocenters. The summed E-state index contributed by atoms with van der Waals surface area (Å²) in [7, 11) is 2.18. The fraction of sp³-hybridized carbons (Fsp3) is 0.370. The summed E-state index contributed by atoms with van der Waals surface area (Å²) in [6, 6.07) is 13.9. The van der Waals surface area contributed by atoms with E-state index >= 15 is 0 Å². The van der Waals surface area contributed by atoms with Crippen molar-refractivity contribution in [2.24, 2.45) is 0 Å². The molecule has 4 heterocycles. The van der Waals surface area contributed by atoms with E-state index in [1.165, 1.54) is 30.2 Å². The van der Waals surface area contributed by atoms with Crippen LogP contribution in [0.15, 0.2) is 42.6 Å². The predicted molar refractivity (Wildman–Crippen MR) is 140 cm³/mol. The van der Waals surface area contributed by atoms with Crippen molar-refractivity contribution in [1.29, 1.82) is 5.26 Å². The number of hydrogen-bond acceptors (Lipinski definition) is 8. The minimum atomic E-state index is 0.0722. The summed E-state index contributed by atoms with van der Waals surface area (Å²) >= 11 is 0. The first kappa shape index (κ1) is 23.7. The van der Waals surface area contributed by atoms with Gasteiger partial charge >= 0.3 is 0 Å². The molecule has 0 radical (unpaired) electrons. The average molecular weight is 483 g/mol. The zero-order valence-electron chi connectivity index (χ0n) is 20.7. The standard InChI is InChI=1S/C27H30N8O/c1-18-15-21(8-9-22(18)19-10-13-34(2)14-11-19)30-27-29-17-20(16-28)26(33-27)32-23-5-3-6-24(31-23)35-12-4-7-25(35)36/h3,5-6,8-9,15,17,19H,4,7,10-14H2,1-2H3,(H2,29,30,31,32,33). The smallest absolute Gasteiger partial charge is 0.229 e. The maximum Gasteiger partial charge on any atom is 0.229 e. The Hall–Kier alpha value is -4.03. The zero-order valence-corrected chi connectivity index (χ0v) is 20.7. The number of aryl methyl sites for hydroxylation is 1. The molecule has 1 amide bonds. The number of anilines is 5. The van der Waals surface area contributed by atoms with E-state index < -0.39 is 0 Å². The molecule has 2 aliphatic heterocycles. The van der Waals surface area contributed by atoms with Crippen molar-refractivity contribution >= 4 is 35.0 Å². The van der Waals surface area contributed by atoms with Crippen LogP contribution < -0.4 is 15.5 Å². The molecule has 9 heteroatoms. The second-order valence-electron chi connectivity index (χ2n) is 9.50. The van der Waals surface area contributed by atoms with Crippen LogP contribution in [0.5, 0.6) is 0 Å². The van der Waals surface area contributed by atoms with Gasteiger partial charge in [0.05, 0.1) is 6.20 Å². The fourth-order valence-electron chi connectivity index (χ4n) is 4.93. The summed E-state index contributed by atoms with van der Waals surface area (Å²) in [4.78, 5) is 29.6. The van der Waals surface area contributed by atoms with Gasteiger partial charge in [0.15, 0.2) is 5.82 Å². The highest BCUT2D eigenvalue weighted by molar-refractivity contribution is 5.94. The lowest BCUT2D eigenvalue weighted by Crippen LogP contribution is -2.29. The van der Waals surface area contributed by atoms with Gasteiger partial charge in [-0.3, -0.25) is 9.69 Å². The third kappa shape index (κ3) is 5.14. The van der Waals surface area contributed by atoms with E-state index in [-0.39, 0.29) is 5.91 Å². The Morgan fingerprint density at radius 3 is 2.64 bits per heavy atom. The van der Waals surface area contributed by atoms with Crippen molar-refractivity contribution in [3.8, 4) is 6.07 Å². The molecule has 0 aliphatic carbocycles. The molecule has 5 rings (SSSR count). The molecule has 2 aromatic heterocycles. The molecule has 1 aromatic carbocycles. The molecule has 2 saturated heterocycles. The van der Waals surface area contributed by atoms with Crippen LogP contribution >= 0.6 is 0 Å². The van der Waals surface area contributed by atoms with Gasteiger partial charge in [0.25, 0.3) is 0 Å². The van der Waals surface area contributed by atoms with E-state index in [0.717, 1.165) is 25.2 Å². The molecule has 184 valence electrons. The van der Waals surface area contributed by atoms with E-state index in [2.05, 4.69) is 68.7 Å². The second kappa shape index (κ2) is 10.3. The summed E-state index contributed by atoms with van der Waals surface area (Å²) in [5.41, 5.74) is 3.85. The number of likely N-dealkylation sites (tertiary alicyclic amines) is 1. The van der Waals surface area contributed by atoms with Crippen molar-refractivity contribution in [2.45, 2.75) is 38.5 Å². The van der Waals surface area contributed by atoms with Crippen LogP contribution in [0.1, 0.15) is 48.3 Å². The van der Waals surface area contributed by atoms with E-state index in [1.807, 2.05) is 12.1 Å². The van der Waals surface area contributed by atoms with Crippen molar-refractivity contribution < 1.29 is 4.79 Å². The summed E-state index contributed by atoms with van der Waals surface area (Å²) in [6.45, 7) is 5.07. The number of aromatic nitrogens is 3. The fourth-order valence-corrected chi connectivity index (χ4v) is 4.93. The summed E-state index contributed by atoms with van der Waals surface area (Å²) in [5.74, 6) is 2.50. The number of nitrogens with one attached hydrogen (secondary N) is 2. The summed E-state index contributed by atoms with van der Waals surface area (Å²) in [5, 5.41) is 16.0. The van der Waals surface area contributed by atoms with Gasteiger partial charge in [0.1, 0.15) is 23.3 Å². The largest absolute Gasteiger partial charge is 0.324 e. The van der Waals surface area contributed by atoms with Gasteiger partial charge in [-0.15, -0.1) is 0 Å². The molecule has 2 N–H and O–H groups in total. The van der Waals surface area contributed by atoms with E-state index in [0.29, 0.717) is 47.8 Å². The summed E-state index contributed by atoms with van der Waals surface area (Å²) < 4.78 is 0. The first-order valence-electron chi connectivity index (χ1n) is 12.4. The number of amides is 1. The molecule has 0 saturated carbocycles. The third-order valence-corrected chi connectivity index (χ3v) is 6.92. The Labute approximate surface area is 211 Å². The Balaban J connectivity index is 1.33. The van der Waals surface area contributed by atoms with Crippen LogP contribution in [0, 0.1) is 18.3 Å². The number of pyridine rings is 1. The molecular formula is C27H30N8O. The zero-order chi connectivity index (χ0) is 25.1. The maximum atomic E-state index is 12.1. The predicted octanol–water partition coefficient (Wildman–Crippen LogP) is 4.47. The highest BCUT2D eigenvalue weighted by atomic mass is 16.2. The first-order chi connectivity index (χ1) is 17.5. The van der Waals surface area contributed by atoms with Crippen molar-refractivity contribution in [2.75, 3.05) is 42.2 Å². The van der Waals surface area contributed by atoms with Gasteiger partial charge in [0.2, 0.25) is 11.9 Å². The van der Waals surface area contributed by atoms with Crippen LogP contribution in [0.3, 0.4) is 0 Å². The number of nitriles is 1. The Morgan fingerprint density at radius 1 is 1.08 bits per heavy atom. The summed E-state index contributed by atoms with van der Waals surface area (Å²) in [6.07, 6.45) is 5.22. The van der Waals surface area contributed by atoms with E-state index in [1.54, 1.807) is 11.0 Å². The van der Waals surface area contributed by atoms with Gasteiger partial charge < -0.3 is 15.5 Å². The quantitative estimate of drug-likeness (QED) is 0.529.